The van der Waals surface area contributed by atoms with Crippen LogP contribution in [0.5, 0.6) is 0 Å². The molecule has 0 aliphatic heterocycles. The lowest BCUT2D eigenvalue weighted by Crippen LogP contribution is -2.26. The number of amides is 1. The lowest BCUT2D eigenvalue weighted by Gasteiger charge is -2.24. The number of aliphatic hydroxyl groups is 1. The van der Waals surface area contributed by atoms with Gasteiger partial charge in [-0.05, 0) is 48.2 Å². The zero-order valence-electron chi connectivity index (χ0n) is 13.8. The van der Waals surface area contributed by atoms with Gasteiger partial charge in [-0.25, -0.2) is 4.98 Å². The van der Waals surface area contributed by atoms with Gasteiger partial charge in [0.05, 0.1) is 5.56 Å². The lowest BCUT2D eigenvalue weighted by atomic mass is 9.90. The van der Waals surface area contributed by atoms with Crippen molar-refractivity contribution in [1.82, 2.24) is 4.98 Å². The monoisotopic (exact) mass is 391 g/mol. The van der Waals surface area contributed by atoms with E-state index in [1.807, 2.05) is 24.3 Å². The van der Waals surface area contributed by atoms with Crippen molar-refractivity contribution in [3.05, 3.63) is 52.6 Å². The van der Waals surface area contributed by atoms with E-state index in [-0.39, 0.29) is 17.9 Å². The number of hydrogen-bond donors (Lipinski definition) is 3. The maximum absolute atomic E-state index is 12.5. The highest BCUT2D eigenvalue weighted by Crippen LogP contribution is 2.22. The number of nitrogens with one attached hydrogen (secondary N) is 2. The molecule has 128 valence electrons. The van der Waals surface area contributed by atoms with E-state index in [0.717, 1.165) is 10.2 Å². The molecule has 2 aromatic rings. The third-order valence-electron chi connectivity index (χ3n) is 3.68. The summed E-state index contributed by atoms with van der Waals surface area (Å²) in [6.45, 7) is 4.86. The molecular formula is C18H22BrN3O2. The molecule has 1 amide bonds. The van der Waals surface area contributed by atoms with E-state index >= 15 is 0 Å². The minimum Gasteiger partial charge on any atom is -0.396 e. The average Bonchev–Trinajstić information content (AvgIpc) is 2.55. The fourth-order valence-electron chi connectivity index (χ4n) is 2.18. The summed E-state index contributed by atoms with van der Waals surface area (Å²) in [5, 5.41) is 15.2. The number of carbonyl (C=O) groups excluding carboxylic acids is 1. The van der Waals surface area contributed by atoms with Gasteiger partial charge in [-0.2, -0.15) is 0 Å². The molecule has 1 aromatic heterocycles. The van der Waals surface area contributed by atoms with Crippen LogP contribution < -0.4 is 10.6 Å². The molecule has 0 saturated carbocycles. The van der Waals surface area contributed by atoms with Crippen molar-refractivity contribution in [2.45, 2.75) is 20.3 Å². The van der Waals surface area contributed by atoms with Crippen LogP contribution in [0.3, 0.4) is 0 Å². The predicted octanol–water partition coefficient (Wildman–Crippen LogP) is 3.92. The maximum atomic E-state index is 12.5. The Labute approximate surface area is 150 Å². The average molecular weight is 392 g/mol. The number of halogens is 1. The molecule has 2 rings (SSSR count). The Morgan fingerprint density at radius 3 is 2.62 bits per heavy atom. The molecule has 24 heavy (non-hydrogen) atoms. The SMILES string of the molecule is CC(C)(CCO)CNc1ncccc1C(=O)Nc1ccc(Br)cc1. The van der Waals surface area contributed by atoms with Gasteiger partial charge in [-0.3, -0.25) is 4.79 Å². The number of pyridine rings is 1. The van der Waals surface area contributed by atoms with Crippen LogP contribution in [0.4, 0.5) is 11.5 Å². The van der Waals surface area contributed by atoms with Crippen molar-refractivity contribution >= 4 is 33.3 Å². The number of rotatable bonds is 7. The highest BCUT2D eigenvalue weighted by Gasteiger charge is 2.19. The topological polar surface area (TPSA) is 74.2 Å². The van der Waals surface area contributed by atoms with Crippen LogP contribution in [0.15, 0.2) is 47.1 Å². The van der Waals surface area contributed by atoms with Crippen molar-refractivity contribution in [2.24, 2.45) is 5.41 Å². The van der Waals surface area contributed by atoms with E-state index in [2.05, 4.69) is 45.4 Å². The Morgan fingerprint density at radius 1 is 1.25 bits per heavy atom. The van der Waals surface area contributed by atoms with Crippen LogP contribution in [-0.4, -0.2) is 29.1 Å². The van der Waals surface area contributed by atoms with Gasteiger partial charge in [-0.1, -0.05) is 29.8 Å². The minimum atomic E-state index is -0.215. The third-order valence-corrected chi connectivity index (χ3v) is 4.21. The maximum Gasteiger partial charge on any atom is 0.259 e. The van der Waals surface area contributed by atoms with Crippen molar-refractivity contribution in [3.63, 3.8) is 0 Å². The molecule has 1 heterocycles. The molecule has 3 N–H and O–H groups in total. The summed E-state index contributed by atoms with van der Waals surface area (Å²) in [5.41, 5.74) is 1.12. The summed E-state index contributed by atoms with van der Waals surface area (Å²) in [4.78, 5) is 16.8. The number of aliphatic hydroxyl groups excluding tert-OH is 1. The van der Waals surface area contributed by atoms with Gasteiger partial charge < -0.3 is 15.7 Å². The normalized spacial score (nSPS) is 11.2. The predicted molar refractivity (Wildman–Crippen MR) is 100 cm³/mol. The second-order valence-electron chi connectivity index (χ2n) is 6.35. The molecule has 5 nitrogen and oxygen atoms in total. The first-order valence-electron chi connectivity index (χ1n) is 7.78. The number of benzene rings is 1. The van der Waals surface area contributed by atoms with E-state index < -0.39 is 0 Å². The standard InChI is InChI=1S/C18H22BrN3O2/c1-18(2,9-11-23)12-21-16-15(4-3-10-20-16)17(24)22-14-7-5-13(19)6-8-14/h3-8,10,23H,9,11-12H2,1-2H3,(H,20,21)(H,22,24). The van der Waals surface area contributed by atoms with Crippen LogP contribution in [0.2, 0.25) is 0 Å². The highest BCUT2D eigenvalue weighted by molar-refractivity contribution is 9.10. The van der Waals surface area contributed by atoms with Crippen LogP contribution in [0.1, 0.15) is 30.6 Å². The third kappa shape index (κ3) is 5.32. The summed E-state index contributed by atoms with van der Waals surface area (Å²) in [7, 11) is 0. The largest absolute Gasteiger partial charge is 0.396 e. The first-order valence-corrected chi connectivity index (χ1v) is 8.57. The first kappa shape index (κ1) is 18.4. The van der Waals surface area contributed by atoms with Gasteiger partial charge in [0, 0.05) is 29.5 Å². The number of hydrogen-bond acceptors (Lipinski definition) is 4. The second-order valence-corrected chi connectivity index (χ2v) is 7.27. The molecule has 0 spiro atoms. The highest BCUT2D eigenvalue weighted by atomic mass is 79.9. The Kier molecular flexibility index (Phi) is 6.34. The lowest BCUT2D eigenvalue weighted by molar-refractivity contribution is 0.102. The number of nitrogens with zero attached hydrogens (tertiary/aromatic N) is 1. The Morgan fingerprint density at radius 2 is 1.96 bits per heavy atom. The summed E-state index contributed by atoms with van der Waals surface area (Å²) in [5.74, 6) is 0.325. The van der Waals surface area contributed by atoms with Gasteiger partial charge >= 0.3 is 0 Å². The van der Waals surface area contributed by atoms with Crippen molar-refractivity contribution in [2.75, 3.05) is 23.8 Å². The summed E-state index contributed by atoms with van der Waals surface area (Å²) < 4.78 is 0.954. The van der Waals surface area contributed by atoms with E-state index in [4.69, 9.17) is 5.11 Å². The van der Waals surface area contributed by atoms with Gasteiger partial charge in [-0.15, -0.1) is 0 Å². The number of carbonyl (C=O) groups is 1. The van der Waals surface area contributed by atoms with Gasteiger partial charge in [0.1, 0.15) is 5.82 Å². The molecule has 6 heteroatoms. The smallest absolute Gasteiger partial charge is 0.259 e. The Balaban J connectivity index is 2.10. The molecule has 0 aliphatic rings. The molecule has 0 unspecified atom stereocenters. The van der Waals surface area contributed by atoms with E-state index in [0.29, 0.717) is 24.3 Å². The van der Waals surface area contributed by atoms with E-state index in [1.165, 1.54) is 0 Å². The first-order chi connectivity index (χ1) is 11.4. The Bertz CT molecular complexity index is 687. The molecule has 0 saturated heterocycles. The summed E-state index contributed by atoms with van der Waals surface area (Å²) in [6.07, 6.45) is 2.32. The quantitative estimate of drug-likeness (QED) is 0.668. The fourth-order valence-corrected chi connectivity index (χ4v) is 2.44. The molecule has 1 aromatic carbocycles. The summed E-state index contributed by atoms with van der Waals surface area (Å²) in [6, 6.07) is 10.9. The zero-order chi connectivity index (χ0) is 17.6. The number of anilines is 2. The van der Waals surface area contributed by atoms with Crippen LogP contribution >= 0.6 is 15.9 Å². The molecular weight excluding hydrogens is 370 g/mol. The number of aromatic nitrogens is 1. The Hall–Kier alpha value is -1.92. The van der Waals surface area contributed by atoms with Crippen molar-refractivity contribution in [3.8, 4) is 0 Å². The van der Waals surface area contributed by atoms with Crippen molar-refractivity contribution < 1.29 is 9.90 Å². The fraction of sp³-hybridized carbons (Fsp3) is 0.333. The minimum absolute atomic E-state index is 0.0915. The van der Waals surface area contributed by atoms with Crippen molar-refractivity contribution in [1.29, 1.82) is 0 Å². The molecule has 0 bridgehead atoms. The zero-order valence-corrected chi connectivity index (χ0v) is 15.4. The van der Waals surface area contributed by atoms with Gasteiger partial charge in [0.25, 0.3) is 5.91 Å². The van der Waals surface area contributed by atoms with Gasteiger partial charge in [0.15, 0.2) is 0 Å². The van der Waals surface area contributed by atoms with E-state index in [9.17, 15) is 4.79 Å². The van der Waals surface area contributed by atoms with Crippen LogP contribution in [-0.2, 0) is 0 Å². The molecule has 0 aliphatic carbocycles. The van der Waals surface area contributed by atoms with E-state index in [1.54, 1.807) is 18.3 Å². The van der Waals surface area contributed by atoms with Crippen LogP contribution in [0, 0.1) is 5.41 Å². The molecule has 0 atom stereocenters. The van der Waals surface area contributed by atoms with Crippen LogP contribution in [0.25, 0.3) is 0 Å². The van der Waals surface area contributed by atoms with Gasteiger partial charge in [0.2, 0.25) is 0 Å². The summed E-state index contributed by atoms with van der Waals surface area (Å²) >= 11 is 3.37. The molecule has 0 radical (unpaired) electrons. The molecule has 0 fully saturated rings. The second kappa shape index (κ2) is 8.26.